The first-order chi connectivity index (χ1) is 11.9. The maximum atomic E-state index is 12.5. The molecule has 0 amide bonds. The van der Waals surface area contributed by atoms with Crippen LogP contribution in [0.5, 0.6) is 11.5 Å². The van der Waals surface area contributed by atoms with Gasteiger partial charge in [0.25, 0.3) is 0 Å². The molecule has 1 aromatic rings. The van der Waals surface area contributed by atoms with Crippen LogP contribution < -0.4 is 0 Å². The maximum absolute atomic E-state index is 12.5. The van der Waals surface area contributed by atoms with Gasteiger partial charge in [-0.05, 0) is 13.0 Å². The monoisotopic (exact) mass is 364 g/mol. The fraction of sp³-hybridized carbons (Fsp3) is 0.333. The van der Waals surface area contributed by atoms with Crippen molar-refractivity contribution in [1.29, 1.82) is 0 Å². The highest BCUT2D eigenvalue weighted by Crippen LogP contribution is 2.37. The summed E-state index contributed by atoms with van der Waals surface area (Å²) in [5.41, 5.74) is -0.176. The summed E-state index contributed by atoms with van der Waals surface area (Å²) in [5.74, 6) is -2.04. The Labute approximate surface area is 149 Å². The molecule has 3 atom stereocenters. The Morgan fingerprint density at radius 1 is 1.20 bits per heavy atom. The van der Waals surface area contributed by atoms with Crippen molar-refractivity contribution in [2.45, 2.75) is 38.1 Å². The molecule has 1 aromatic carbocycles. The first-order valence-electron chi connectivity index (χ1n) is 7.84. The molecule has 0 bridgehead atoms. The lowest BCUT2D eigenvalue weighted by atomic mass is 10.00. The van der Waals surface area contributed by atoms with Crippen molar-refractivity contribution >= 4 is 23.4 Å². The number of halogens is 1. The van der Waals surface area contributed by atoms with Crippen molar-refractivity contribution < 1.29 is 29.3 Å². The van der Waals surface area contributed by atoms with Crippen LogP contribution in [0.3, 0.4) is 0 Å². The topological polar surface area (TPSA) is 96.4 Å². The van der Waals surface area contributed by atoms with Crippen molar-refractivity contribution in [3.05, 3.63) is 46.5 Å². The predicted molar refractivity (Wildman–Crippen MR) is 89.9 cm³/mol. The number of ether oxygens (including phenoxy) is 2. The van der Waals surface area contributed by atoms with Crippen LogP contribution in [-0.2, 0) is 20.7 Å². The molecule has 0 saturated carbocycles. The Bertz CT molecular complexity index is 782. The number of aromatic hydroxyl groups is 2. The third kappa shape index (κ3) is 3.86. The highest BCUT2D eigenvalue weighted by molar-refractivity contribution is 6.33. The van der Waals surface area contributed by atoms with Crippen molar-refractivity contribution in [2.75, 3.05) is 0 Å². The zero-order chi connectivity index (χ0) is 18.1. The van der Waals surface area contributed by atoms with Gasteiger partial charge in [0, 0.05) is 24.5 Å². The summed E-state index contributed by atoms with van der Waals surface area (Å²) in [5, 5.41) is 19.7. The van der Waals surface area contributed by atoms with E-state index in [1.165, 1.54) is 6.08 Å². The van der Waals surface area contributed by atoms with E-state index < -0.39 is 23.6 Å². The second-order valence-electron chi connectivity index (χ2n) is 6.06. The standard InChI is InChI=1S/C18H17ClO6/c1-9-6-15-14(25-15)5-3-2-4-10(20)7-11-16(18(23)24-9)12(21)8-13(22)17(11)19/h2-5,8-9,14-15,21-22H,6-7H2,1H3/b4-2+,5-3-/t9?,14?,15-/m1/s1. The highest BCUT2D eigenvalue weighted by Gasteiger charge is 2.38. The Hall–Kier alpha value is -2.31. The molecule has 25 heavy (non-hydrogen) atoms. The minimum absolute atomic E-state index is 0.0348. The fourth-order valence-corrected chi connectivity index (χ4v) is 3.00. The quantitative estimate of drug-likeness (QED) is 0.542. The lowest BCUT2D eigenvalue weighted by molar-refractivity contribution is -0.114. The van der Waals surface area contributed by atoms with Crippen LogP contribution in [0.2, 0.25) is 5.02 Å². The van der Waals surface area contributed by atoms with Gasteiger partial charge < -0.3 is 19.7 Å². The van der Waals surface area contributed by atoms with Crippen LogP contribution >= 0.6 is 11.6 Å². The molecular formula is C18H17ClO6. The second kappa shape index (κ2) is 6.90. The van der Waals surface area contributed by atoms with Crippen LogP contribution in [0.25, 0.3) is 0 Å². The first-order valence-corrected chi connectivity index (χ1v) is 8.22. The third-order valence-corrected chi connectivity index (χ3v) is 4.49. The number of allylic oxidation sites excluding steroid dienone is 3. The van der Waals surface area contributed by atoms with E-state index in [2.05, 4.69) is 0 Å². The van der Waals surface area contributed by atoms with Crippen molar-refractivity contribution in [3.8, 4) is 11.5 Å². The van der Waals surface area contributed by atoms with Gasteiger partial charge in [0.05, 0.1) is 11.1 Å². The predicted octanol–water partition coefficient (Wildman–Crippen LogP) is 2.69. The van der Waals surface area contributed by atoms with Crippen molar-refractivity contribution in [2.24, 2.45) is 0 Å². The van der Waals surface area contributed by atoms with Gasteiger partial charge in [-0.15, -0.1) is 0 Å². The maximum Gasteiger partial charge on any atom is 0.342 e. The van der Waals surface area contributed by atoms with E-state index in [-0.39, 0.29) is 40.6 Å². The summed E-state index contributed by atoms with van der Waals surface area (Å²) in [6.07, 6.45) is 6.13. The first kappa shape index (κ1) is 17.5. The summed E-state index contributed by atoms with van der Waals surface area (Å²) in [6.45, 7) is 1.72. The molecule has 3 rings (SSSR count). The lowest BCUT2D eigenvalue weighted by Crippen LogP contribution is -2.19. The Balaban J connectivity index is 2.01. The van der Waals surface area contributed by atoms with Crippen molar-refractivity contribution in [3.63, 3.8) is 0 Å². The Morgan fingerprint density at radius 3 is 2.72 bits per heavy atom. The second-order valence-corrected chi connectivity index (χ2v) is 6.44. The van der Waals surface area contributed by atoms with E-state index in [0.29, 0.717) is 6.42 Å². The van der Waals surface area contributed by atoms with Crippen LogP contribution in [-0.4, -0.2) is 40.3 Å². The molecule has 0 aliphatic carbocycles. The minimum atomic E-state index is -0.802. The van der Waals surface area contributed by atoms with Crippen LogP contribution in [0.15, 0.2) is 30.4 Å². The number of rotatable bonds is 0. The van der Waals surface area contributed by atoms with Crippen LogP contribution in [0, 0.1) is 0 Å². The number of hydrogen-bond donors (Lipinski definition) is 2. The summed E-state index contributed by atoms with van der Waals surface area (Å²) < 4.78 is 10.8. The van der Waals surface area contributed by atoms with Crippen LogP contribution in [0.4, 0.5) is 0 Å². The number of hydrogen-bond acceptors (Lipinski definition) is 6. The van der Waals surface area contributed by atoms with Gasteiger partial charge in [0.15, 0.2) is 5.78 Å². The Kier molecular flexibility index (Phi) is 4.83. The van der Waals surface area contributed by atoms with Crippen molar-refractivity contribution in [1.82, 2.24) is 0 Å². The number of benzene rings is 1. The molecule has 1 fully saturated rings. The van der Waals surface area contributed by atoms with E-state index in [9.17, 15) is 19.8 Å². The molecule has 7 heteroatoms. The number of ketones is 1. The fourth-order valence-electron chi connectivity index (χ4n) is 2.78. The molecule has 2 aliphatic rings. The molecule has 0 spiro atoms. The number of fused-ring (bicyclic) bond motifs is 2. The number of phenolic OH excluding ortho intramolecular Hbond substituents is 2. The molecular weight excluding hydrogens is 348 g/mol. The zero-order valence-corrected chi connectivity index (χ0v) is 14.2. The van der Waals surface area contributed by atoms with Crippen LogP contribution in [0.1, 0.15) is 29.3 Å². The number of carbonyl (C=O) groups excluding carboxylic acids is 2. The van der Waals surface area contributed by atoms with E-state index in [1.807, 2.05) is 6.08 Å². The number of carbonyl (C=O) groups is 2. The van der Waals surface area contributed by atoms with Gasteiger partial charge in [0.1, 0.15) is 29.3 Å². The number of phenols is 2. The van der Waals surface area contributed by atoms with Gasteiger partial charge in [-0.2, -0.15) is 0 Å². The molecule has 1 saturated heterocycles. The molecule has 2 heterocycles. The van der Waals surface area contributed by atoms with E-state index in [0.717, 1.165) is 6.07 Å². The highest BCUT2D eigenvalue weighted by atomic mass is 35.5. The van der Waals surface area contributed by atoms with E-state index in [1.54, 1.807) is 19.1 Å². The third-order valence-electron chi connectivity index (χ3n) is 4.06. The number of epoxide rings is 1. The number of esters is 1. The minimum Gasteiger partial charge on any atom is -0.507 e. The summed E-state index contributed by atoms with van der Waals surface area (Å²) in [4.78, 5) is 24.6. The lowest BCUT2D eigenvalue weighted by Gasteiger charge is -2.16. The zero-order valence-electron chi connectivity index (χ0n) is 13.4. The summed E-state index contributed by atoms with van der Waals surface area (Å²) in [6, 6.07) is 0.958. The molecule has 2 aliphatic heterocycles. The van der Waals surface area contributed by atoms with E-state index in [4.69, 9.17) is 21.1 Å². The normalized spacial score (nSPS) is 29.0. The smallest absolute Gasteiger partial charge is 0.342 e. The number of cyclic esters (lactones) is 1. The average Bonchev–Trinajstić information content (AvgIpc) is 3.25. The molecule has 2 unspecified atom stereocenters. The van der Waals surface area contributed by atoms with Gasteiger partial charge in [-0.1, -0.05) is 29.8 Å². The largest absolute Gasteiger partial charge is 0.507 e. The van der Waals surface area contributed by atoms with Gasteiger partial charge in [-0.25, -0.2) is 4.79 Å². The van der Waals surface area contributed by atoms with E-state index >= 15 is 0 Å². The SMILES string of the molecule is CC1C[C@H]2OC2/C=C\C=C\C(=O)Cc2c(Cl)c(O)cc(O)c2C(=O)O1. The Morgan fingerprint density at radius 2 is 1.96 bits per heavy atom. The molecule has 0 radical (unpaired) electrons. The molecule has 2 N–H and O–H groups in total. The summed E-state index contributed by atoms with van der Waals surface area (Å²) >= 11 is 6.05. The molecule has 0 aromatic heterocycles. The average molecular weight is 365 g/mol. The van der Waals surface area contributed by atoms with Gasteiger partial charge in [-0.3, -0.25) is 4.79 Å². The summed E-state index contributed by atoms with van der Waals surface area (Å²) in [7, 11) is 0. The molecule has 132 valence electrons. The van der Waals surface area contributed by atoms with Gasteiger partial charge in [0.2, 0.25) is 0 Å². The van der Waals surface area contributed by atoms with Gasteiger partial charge >= 0.3 is 5.97 Å². The molecule has 6 nitrogen and oxygen atoms in total.